The maximum absolute atomic E-state index is 10.5. The molecule has 1 saturated heterocycles. The van der Waals surface area contributed by atoms with Gasteiger partial charge in [0.05, 0.1) is 12.7 Å². The topological polar surface area (TPSA) is 65.4 Å². The molecule has 47 heavy (non-hydrogen) atoms. The molecule has 2 fully saturated rings. The molecule has 1 heterocycles. The minimum absolute atomic E-state index is 0.0310. The molecule has 2 N–H and O–H groups in total. The molecule has 1 aliphatic carbocycles. The maximum Gasteiger partial charge on any atom is 0.185 e. The summed E-state index contributed by atoms with van der Waals surface area (Å²) in [6, 6.07) is 21.3. The summed E-state index contributed by atoms with van der Waals surface area (Å²) in [4.78, 5) is 4.97. The highest BCUT2D eigenvalue weighted by molar-refractivity contribution is 5.70. The molecule has 3 aromatic carbocycles. The van der Waals surface area contributed by atoms with Crippen molar-refractivity contribution in [2.75, 3.05) is 24.6 Å². The van der Waals surface area contributed by atoms with Crippen LogP contribution in [0.25, 0.3) is 11.1 Å². The summed E-state index contributed by atoms with van der Waals surface area (Å²) in [5.74, 6) is 2.28. The fourth-order valence-corrected chi connectivity index (χ4v) is 6.22. The van der Waals surface area contributed by atoms with Crippen LogP contribution < -0.4 is 9.64 Å². The highest BCUT2D eigenvalue weighted by Gasteiger charge is 2.29. The first kappa shape index (κ1) is 36.0. The van der Waals surface area contributed by atoms with Crippen LogP contribution in [0.4, 0.5) is 5.69 Å². The van der Waals surface area contributed by atoms with Gasteiger partial charge < -0.3 is 29.5 Å². The Morgan fingerprint density at radius 2 is 1.64 bits per heavy atom. The van der Waals surface area contributed by atoms with Gasteiger partial charge in [0.25, 0.3) is 0 Å². The van der Waals surface area contributed by atoms with Crippen molar-refractivity contribution in [2.45, 2.75) is 118 Å². The first-order valence-corrected chi connectivity index (χ1v) is 18.1. The van der Waals surface area contributed by atoms with Gasteiger partial charge in [0.1, 0.15) is 5.75 Å². The molecule has 3 aromatic rings. The van der Waals surface area contributed by atoms with Gasteiger partial charge in [-0.25, -0.2) is 0 Å². The molecule has 0 amide bonds. The van der Waals surface area contributed by atoms with Crippen LogP contribution in [0.5, 0.6) is 17.2 Å². The summed E-state index contributed by atoms with van der Waals surface area (Å²) in [6.07, 6.45) is 10.9. The first-order valence-electron chi connectivity index (χ1n) is 18.1. The van der Waals surface area contributed by atoms with Crippen LogP contribution in [0, 0.1) is 0 Å². The van der Waals surface area contributed by atoms with Crippen molar-refractivity contribution in [3.8, 4) is 28.4 Å². The second kappa shape index (κ2) is 17.9. The monoisotopic (exact) mass is 642 g/mol. The van der Waals surface area contributed by atoms with Crippen molar-refractivity contribution in [3.05, 3.63) is 83.7 Å². The summed E-state index contributed by atoms with van der Waals surface area (Å²) in [5.41, 5.74) is 5.26. The molecule has 0 atom stereocenters. The molecule has 0 unspecified atom stereocenters. The van der Waals surface area contributed by atoms with Gasteiger partial charge in [-0.2, -0.15) is 0 Å². The van der Waals surface area contributed by atoms with Gasteiger partial charge in [-0.15, -0.1) is 0 Å². The Labute approximate surface area is 284 Å². The van der Waals surface area contributed by atoms with E-state index in [1.807, 2.05) is 13.8 Å². The molecular weight excluding hydrogens is 584 g/mol. The van der Waals surface area contributed by atoms with E-state index in [0.717, 1.165) is 106 Å². The fraction of sp³-hybridized carbons (Fsp3) is 0.512. The average Bonchev–Trinajstić information content (AvgIpc) is 3.94. The first-order chi connectivity index (χ1) is 22.9. The molecule has 0 aromatic heterocycles. The second-order valence-electron chi connectivity index (χ2n) is 12.9. The minimum Gasteiger partial charge on any atom is -0.504 e. The van der Waals surface area contributed by atoms with E-state index in [0.29, 0.717) is 12.0 Å². The zero-order valence-corrected chi connectivity index (χ0v) is 29.7. The number of unbranched alkanes of at least 4 members (excludes halogenated alkanes) is 2. The molecule has 1 saturated carbocycles. The van der Waals surface area contributed by atoms with Crippen molar-refractivity contribution in [1.29, 1.82) is 0 Å². The second-order valence-corrected chi connectivity index (χ2v) is 12.9. The maximum atomic E-state index is 10.5. The number of hydrogen-bond acceptors (Lipinski definition) is 6. The van der Waals surface area contributed by atoms with Gasteiger partial charge in [-0.3, -0.25) is 0 Å². The van der Waals surface area contributed by atoms with E-state index in [9.17, 15) is 10.2 Å². The van der Waals surface area contributed by atoms with Gasteiger partial charge >= 0.3 is 0 Å². The minimum atomic E-state index is -0.0387. The number of allylic oxidation sites excluding steroid dienone is 1. The number of anilines is 1. The van der Waals surface area contributed by atoms with Crippen molar-refractivity contribution < 1.29 is 19.7 Å². The Hall–Kier alpha value is -3.80. The van der Waals surface area contributed by atoms with Crippen molar-refractivity contribution in [3.63, 3.8) is 0 Å². The number of hydrogen-bond donors (Lipinski definition) is 2. The molecule has 1 aliphatic heterocycles. The molecule has 6 nitrogen and oxygen atoms in total. The third-order valence-corrected chi connectivity index (χ3v) is 8.87. The van der Waals surface area contributed by atoms with Gasteiger partial charge in [0.15, 0.2) is 17.4 Å². The van der Waals surface area contributed by atoms with E-state index in [2.05, 4.69) is 98.2 Å². The lowest BCUT2D eigenvalue weighted by molar-refractivity contribution is 0.0577. The van der Waals surface area contributed by atoms with Crippen molar-refractivity contribution in [2.24, 2.45) is 0 Å². The fourth-order valence-electron chi connectivity index (χ4n) is 6.22. The largest absolute Gasteiger partial charge is 0.504 e. The van der Waals surface area contributed by atoms with E-state index in [1.165, 1.54) is 11.3 Å². The third-order valence-electron chi connectivity index (χ3n) is 8.87. The van der Waals surface area contributed by atoms with Crippen LogP contribution in [0.2, 0.25) is 0 Å². The van der Waals surface area contributed by atoms with Gasteiger partial charge in [-0.1, -0.05) is 58.7 Å². The Kier molecular flexibility index (Phi) is 13.8. The van der Waals surface area contributed by atoms with Crippen LogP contribution in [-0.2, 0) is 11.3 Å². The van der Waals surface area contributed by atoms with Crippen LogP contribution in [0.1, 0.15) is 110 Å². The van der Waals surface area contributed by atoms with E-state index in [1.54, 1.807) is 6.07 Å². The zero-order valence-electron chi connectivity index (χ0n) is 29.7. The van der Waals surface area contributed by atoms with Crippen LogP contribution in [0.3, 0.4) is 0 Å². The molecule has 0 radical (unpaired) electrons. The van der Waals surface area contributed by atoms with Crippen molar-refractivity contribution in [1.82, 2.24) is 4.90 Å². The standard InChI is InChI=1S/C39H52N2O4.C2H6/c1-5-7-12-38(45-28(3)4)40-21-19-34(20-22-40)41(33-15-17-35(18-16-33)44-23-8-6-2)27-29-10-9-11-31(24-29)32-25-36(30-13-14-30)39(43)37(42)26-32;1-2/h9-12,15-18,24-26,28,30,34,42-43H,5-8,13-14,19-23,27H2,1-4H3;1-2H3. The van der Waals surface area contributed by atoms with Gasteiger partial charge in [0.2, 0.25) is 0 Å². The molecule has 2 aliphatic rings. The van der Waals surface area contributed by atoms with Crippen LogP contribution in [-0.4, -0.2) is 47.0 Å². The highest BCUT2D eigenvalue weighted by atomic mass is 16.5. The lowest BCUT2D eigenvalue weighted by Crippen LogP contribution is -2.45. The molecular formula is C41H58N2O4. The Bertz CT molecular complexity index is 1410. The number of ether oxygens (including phenoxy) is 2. The number of rotatable bonds is 15. The Balaban J connectivity index is 0.00000245. The Morgan fingerprint density at radius 3 is 2.28 bits per heavy atom. The summed E-state index contributed by atoms with van der Waals surface area (Å²) in [5, 5.41) is 21.0. The SMILES string of the molecule is CC.CCCC=C(OC(C)C)N1CCC(N(Cc2cccc(-c3cc(O)c(O)c(C4CC4)c3)c2)c2ccc(OCCCC)cc2)CC1. The lowest BCUT2D eigenvalue weighted by Gasteiger charge is -2.41. The molecule has 0 bridgehead atoms. The van der Waals surface area contributed by atoms with Crippen molar-refractivity contribution >= 4 is 5.69 Å². The predicted octanol–water partition coefficient (Wildman–Crippen LogP) is 10.4. The summed E-state index contributed by atoms with van der Waals surface area (Å²) >= 11 is 0. The van der Waals surface area contributed by atoms with E-state index in [4.69, 9.17) is 9.47 Å². The molecule has 6 heteroatoms. The van der Waals surface area contributed by atoms with Crippen LogP contribution >= 0.6 is 0 Å². The summed E-state index contributed by atoms with van der Waals surface area (Å²) in [7, 11) is 0. The number of likely N-dealkylation sites (tertiary alicyclic amines) is 1. The van der Waals surface area contributed by atoms with E-state index < -0.39 is 0 Å². The Morgan fingerprint density at radius 1 is 0.915 bits per heavy atom. The van der Waals surface area contributed by atoms with Gasteiger partial charge in [-0.05, 0) is 124 Å². The highest BCUT2D eigenvalue weighted by Crippen LogP contribution is 2.48. The predicted molar refractivity (Wildman–Crippen MR) is 195 cm³/mol. The number of nitrogens with zero attached hydrogens (tertiary/aromatic N) is 2. The molecule has 5 rings (SSSR count). The lowest BCUT2D eigenvalue weighted by atomic mass is 9.97. The number of benzene rings is 3. The van der Waals surface area contributed by atoms with E-state index >= 15 is 0 Å². The third kappa shape index (κ3) is 10.1. The molecule has 256 valence electrons. The number of phenols is 2. The number of aromatic hydroxyl groups is 2. The quantitative estimate of drug-likeness (QED) is 0.0977. The average molecular weight is 643 g/mol. The molecule has 0 spiro atoms. The van der Waals surface area contributed by atoms with Crippen LogP contribution in [0.15, 0.2) is 72.6 Å². The van der Waals surface area contributed by atoms with Gasteiger partial charge in [0, 0.05) is 36.9 Å². The number of phenolic OH excluding ortho intramolecular Hbond substituents is 2. The summed E-state index contributed by atoms with van der Waals surface area (Å²) in [6.45, 7) is 16.0. The van der Waals surface area contributed by atoms with E-state index in [-0.39, 0.29) is 17.6 Å². The normalized spacial score (nSPS) is 15.3. The smallest absolute Gasteiger partial charge is 0.185 e. The number of piperidine rings is 1. The summed E-state index contributed by atoms with van der Waals surface area (Å²) < 4.78 is 12.2. The zero-order chi connectivity index (χ0) is 33.8.